The number of halogens is 1. The van der Waals surface area contributed by atoms with Gasteiger partial charge >= 0.3 is 5.97 Å². The van der Waals surface area contributed by atoms with Crippen molar-refractivity contribution in [2.75, 3.05) is 13.2 Å². The standard InChI is InChI=1S/C15H20BrNO4/c1-10(2)8-17-14(18)9-20-15(19)11(3)21-13-6-4-12(16)5-7-13/h4-7,10-11H,8-9H2,1-3H3,(H,17,18)/t11-/m0/s1. The lowest BCUT2D eigenvalue weighted by Crippen LogP contribution is -2.34. The minimum Gasteiger partial charge on any atom is -0.479 e. The van der Waals surface area contributed by atoms with Gasteiger partial charge in [0.15, 0.2) is 12.7 Å². The molecular weight excluding hydrogens is 338 g/mol. The molecule has 1 aromatic carbocycles. The number of hydrogen-bond acceptors (Lipinski definition) is 4. The van der Waals surface area contributed by atoms with Gasteiger partial charge in [-0.2, -0.15) is 0 Å². The average molecular weight is 358 g/mol. The van der Waals surface area contributed by atoms with Crippen molar-refractivity contribution >= 4 is 27.8 Å². The third-order valence-electron chi connectivity index (χ3n) is 2.51. The minimum absolute atomic E-state index is 0.292. The molecule has 1 N–H and O–H groups in total. The molecule has 0 spiro atoms. The summed E-state index contributed by atoms with van der Waals surface area (Å²) in [5.41, 5.74) is 0. The summed E-state index contributed by atoms with van der Waals surface area (Å²) >= 11 is 3.31. The lowest BCUT2D eigenvalue weighted by Gasteiger charge is -2.14. The molecule has 0 aliphatic rings. The van der Waals surface area contributed by atoms with Gasteiger partial charge in [-0.1, -0.05) is 29.8 Å². The van der Waals surface area contributed by atoms with E-state index in [0.29, 0.717) is 18.2 Å². The summed E-state index contributed by atoms with van der Waals surface area (Å²) < 4.78 is 11.3. The second-order valence-corrected chi connectivity index (χ2v) is 5.94. The maximum atomic E-state index is 11.7. The Hall–Kier alpha value is -1.56. The van der Waals surface area contributed by atoms with Crippen LogP contribution < -0.4 is 10.1 Å². The van der Waals surface area contributed by atoms with E-state index >= 15 is 0 Å². The minimum atomic E-state index is -0.774. The monoisotopic (exact) mass is 357 g/mol. The van der Waals surface area contributed by atoms with Gasteiger partial charge in [0.25, 0.3) is 5.91 Å². The van der Waals surface area contributed by atoms with Gasteiger partial charge < -0.3 is 14.8 Å². The second kappa shape index (κ2) is 8.67. The number of amides is 1. The molecule has 0 fully saturated rings. The van der Waals surface area contributed by atoms with Gasteiger partial charge in [0, 0.05) is 11.0 Å². The SMILES string of the molecule is CC(C)CNC(=O)COC(=O)[C@H](C)Oc1ccc(Br)cc1. The summed E-state index contributed by atoms with van der Waals surface area (Å²) in [5.74, 6) is 0.0294. The van der Waals surface area contributed by atoms with Crippen LogP contribution in [-0.4, -0.2) is 31.1 Å². The molecular formula is C15H20BrNO4. The van der Waals surface area contributed by atoms with Gasteiger partial charge in [0.05, 0.1) is 0 Å². The molecule has 1 aromatic rings. The fourth-order valence-corrected chi connectivity index (χ4v) is 1.65. The molecule has 6 heteroatoms. The van der Waals surface area contributed by atoms with Crippen LogP contribution in [0.2, 0.25) is 0 Å². The summed E-state index contributed by atoms with van der Waals surface area (Å²) in [6, 6.07) is 7.10. The molecule has 0 radical (unpaired) electrons. The molecule has 0 unspecified atom stereocenters. The molecule has 5 nitrogen and oxygen atoms in total. The van der Waals surface area contributed by atoms with Crippen LogP contribution in [0.4, 0.5) is 0 Å². The first-order chi connectivity index (χ1) is 9.88. The van der Waals surface area contributed by atoms with E-state index in [4.69, 9.17) is 9.47 Å². The Morgan fingerprint density at radius 2 is 1.81 bits per heavy atom. The normalized spacial score (nSPS) is 11.9. The zero-order valence-electron chi connectivity index (χ0n) is 12.4. The van der Waals surface area contributed by atoms with Crippen LogP contribution >= 0.6 is 15.9 Å². The van der Waals surface area contributed by atoms with Crippen molar-refractivity contribution in [3.8, 4) is 5.75 Å². The number of benzene rings is 1. The molecule has 21 heavy (non-hydrogen) atoms. The van der Waals surface area contributed by atoms with Crippen molar-refractivity contribution in [2.45, 2.75) is 26.9 Å². The third-order valence-corrected chi connectivity index (χ3v) is 3.04. The van der Waals surface area contributed by atoms with E-state index < -0.39 is 12.1 Å². The first-order valence-electron chi connectivity index (χ1n) is 6.74. The quantitative estimate of drug-likeness (QED) is 0.761. The van der Waals surface area contributed by atoms with Crippen molar-refractivity contribution in [1.29, 1.82) is 0 Å². The molecule has 0 aliphatic heterocycles. The van der Waals surface area contributed by atoms with Crippen LogP contribution in [0.5, 0.6) is 5.75 Å². The van der Waals surface area contributed by atoms with Crippen molar-refractivity contribution in [2.24, 2.45) is 5.92 Å². The van der Waals surface area contributed by atoms with Crippen LogP contribution in [0.1, 0.15) is 20.8 Å². The van der Waals surface area contributed by atoms with Crippen molar-refractivity contribution in [3.63, 3.8) is 0 Å². The molecule has 0 aromatic heterocycles. The molecule has 1 atom stereocenters. The molecule has 0 saturated heterocycles. The summed E-state index contributed by atoms with van der Waals surface area (Å²) in [6.45, 7) is 5.82. The van der Waals surface area contributed by atoms with E-state index in [2.05, 4.69) is 21.2 Å². The summed E-state index contributed by atoms with van der Waals surface area (Å²) in [6.07, 6.45) is -0.774. The zero-order valence-corrected chi connectivity index (χ0v) is 14.0. The first kappa shape index (κ1) is 17.5. The number of hydrogen-bond donors (Lipinski definition) is 1. The number of nitrogens with one attached hydrogen (secondary N) is 1. The van der Waals surface area contributed by atoms with E-state index in [9.17, 15) is 9.59 Å². The molecule has 1 amide bonds. The Bertz CT molecular complexity index is 473. The molecule has 0 aliphatic carbocycles. The predicted molar refractivity (Wildman–Crippen MR) is 83.0 cm³/mol. The van der Waals surface area contributed by atoms with Gasteiger partial charge in [-0.05, 0) is 37.1 Å². The molecule has 0 bridgehead atoms. The summed E-state index contributed by atoms with van der Waals surface area (Å²) in [5, 5.41) is 2.67. The second-order valence-electron chi connectivity index (χ2n) is 5.02. The number of esters is 1. The molecule has 116 valence electrons. The van der Waals surface area contributed by atoms with Crippen LogP contribution in [-0.2, 0) is 14.3 Å². The van der Waals surface area contributed by atoms with E-state index in [0.717, 1.165) is 4.47 Å². The van der Waals surface area contributed by atoms with Gasteiger partial charge in [0.1, 0.15) is 5.75 Å². The Balaban J connectivity index is 2.34. The number of carbonyl (C=O) groups is 2. The molecule has 1 rings (SSSR count). The third kappa shape index (κ3) is 7.13. The van der Waals surface area contributed by atoms with Crippen molar-refractivity contribution in [1.82, 2.24) is 5.32 Å². The van der Waals surface area contributed by atoms with E-state index in [1.807, 2.05) is 26.0 Å². The lowest BCUT2D eigenvalue weighted by molar-refractivity contribution is -0.154. The smallest absolute Gasteiger partial charge is 0.347 e. The topological polar surface area (TPSA) is 64.6 Å². The Morgan fingerprint density at radius 3 is 2.38 bits per heavy atom. The summed E-state index contributed by atoms with van der Waals surface area (Å²) in [7, 11) is 0. The van der Waals surface area contributed by atoms with Gasteiger partial charge in [0.2, 0.25) is 0 Å². The maximum absolute atomic E-state index is 11.7. The number of ether oxygens (including phenoxy) is 2. The van der Waals surface area contributed by atoms with Crippen LogP contribution in [0.3, 0.4) is 0 Å². The van der Waals surface area contributed by atoms with Crippen molar-refractivity contribution < 1.29 is 19.1 Å². The van der Waals surface area contributed by atoms with E-state index in [-0.39, 0.29) is 12.5 Å². The molecule has 0 saturated carbocycles. The molecule has 0 heterocycles. The average Bonchev–Trinajstić information content (AvgIpc) is 2.44. The van der Waals surface area contributed by atoms with Crippen LogP contribution in [0.25, 0.3) is 0 Å². The van der Waals surface area contributed by atoms with Crippen LogP contribution in [0, 0.1) is 5.92 Å². The summed E-state index contributed by atoms with van der Waals surface area (Å²) in [4.78, 5) is 23.2. The highest BCUT2D eigenvalue weighted by atomic mass is 79.9. The highest BCUT2D eigenvalue weighted by Crippen LogP contribution is 2.17. The highest BCUT2D eigenvalue weighted by molar-refractivity contribution is 9.10. The Labute approximate surface area is 133 Å². The largest absolute Gasteiger partial charge is 0.479 e. The number of rotatable bonds is 7. The first-order valence-corrected chi connectivity index (χ1v) is 7.53. The zero-order chi connectivity index (χ0) is 15.8. The van der Waals surface area contributed by atoms with Gasteiger partial charge in [-0.25, -0.2) is 4.79 Å². The fraction of sp³-hybridized carbons (Fsp3) is 0.467. The van der Waals surface area contributed by atoms with E-state index in [1.54, 1.807) is 19.1 Å². The lowest BCUT2D eigenvalue weighted by atomic mass is 10.2. The van der Waals surface area contributed by atoms with Crippen LogP contribution in [0.15, 0.2) is 28.7 Å². The van der Waals surface area contributed by atoms with Gasteiger partial charge in [-0.3, -0.25) is 4.79 Å². The fourth-order valence-electron chi connectivity index (χ4n) is 1.39. The highest BCUT2D eigenvalue weighted by Gasteiger charge is 2.17. The Morgan fingerprint density at radius 1 is 1.19 bits per heavy atom. The Kier molecular flexibility index (Phi) is 7.22. The maximum Gasteiger partial charge on any atom is 0.347 e. The number of carbonyl (C=O) groups excluding carboxylic acids is 2. The van der Waals surface area contributed by atoms with Crippen molar-refractivity contribution in [3.05, 3.63) is 28.7 Å². The van der Waals surface area contributed by atoms with E-state index in [1.165, 1.54) is 0 Å². The predicted octanol–water partition coefficient (Wildman–Crippen LogP) is 2.53. The van der Waals surface area contributed by atoms with Gasteiger partial charge in [-0.15, -0.1) is 0 Å².